The van der Waals surface area contributed by atoms with E-state index in [9.17, 15) is 0 Å². The van der Waals surface area contributed by atoms with E-state index >= 15 is 0 Å². The highest BCUT2D eigenvalue weighted by Crippen LogP contribution is 2.25. The first-order valence-electron chi connectivity index (χ1n) is 7.42. The van der Waals surface area contributed by atoms with Gasteiger partial charge in [-0.15, -0.1) is 0 Å². The summed E-state index contributed by atoms with van der Waals surface area (Å²) in [5.74, 6) is 0.967. The topological polar surface area (TPSA) is 34.1 Å². The summed E-state index contributed by atoms with van der Waals surface area (Å²) >= 11 is 0. The molecule has 0 saturated carbocycles. The number of benzene rings is 1. The van der Waals surface area contributed by atoms with Gasteiger partial charge in [0, 0.05) is 18.8 Å². The second-order valence-electron chi connectivity index (χ2n) is 5.70. The first-order chi connectivity index (χ1) is 10.1. The third-order valence-corrected chi connectivity index (χ3v) is 3.33. The van der Waals surface area contributed by atoms with Crippen LogP contribution in [0.15, 0.2) is 36.5 Å². The van der Waals surface area contributed by atoms with Crippen molar-refractivity contribution in [2.24, 2.45) is 0 Å². The molecule has 0 unspecified atom stereocenters. The Labute approximate surface area is 127 Å². The van der Waals surface area contributed by atoms with Crippen LogP contribution in [0.1, 0.15) is 36.2 Å². The van der Waals surface area contributed by atoms with Crippen LogP contribution in [0.2, 0.25) is 0 Å². The summed E-state index contributed by atoms with van der Waals surface area (Å²) < 4.78 is 5.95. The van der Waals surface area contributed by atoms with Gasteiger partial charge in [-0.2, -0.15) is 0 Å². The van der Waals surface area contributed by atoms with Gasteiger partial charge in [-0.25, -0.2) is 0 Å². The fourth-order valence-electron chi connectivity index (χ4n) is 2.32. The summed E-state index contributed by atoms with van der Waals surface area (Å²) in [6, 6.07) is 10.7. The summed E-state index contributed by atoms with van der Waals surface area (Å²) in [4.78, 5) is 4.28. The van der Waals surface area contributed by atoms with Crippen LogP contribution in [-0.4, -0.2) is 11.0 Å². The molecule has 1 heterocycles. The smallest absolute Gasteiger partial charge is 0.130 e. The Hall–Kier alpha value is -1.87. The molecule has 0 atom stereocenters. The van der Waals surface area contributed by atoms with E-state index in [1.54, 1.807) is 6.20 Å². The van der Waals surface area contributed by atoms with Gasteiger partial charge in [0.05, 0.1) is 5.69 Å². The highest BCUT2D eigenvalue weighted by Gasteiger charge is 2.07. The average Bonchev–Trinajstić information content (AvgIpc) is 2.45. The molecule has 0 aliphatic rings. The van der Waals surface area contributed by atoms with Crippen molar-refractivity contribution in [3.63, 3.8) is 0 Å². The van der Waals surface area contributed by atoms with Crippen LogP contribution in [0, 0.1) is 13.8 Å². The van der Waals surface area contributed by atoms with E-state index < -0.39 is 0 Å². The Kier molecular flexibility index (Phi) is 5.34. The minimum Gasteiger partial charge on any atom is -0.487 e. The van der Waals surface area contributed by atoms with E-state index in [1.807, 2.05) is 18.2 Å². The van der Waals surface area contributed by atoms with E-state index in [1.165, 1.54) is 16.7 Å². The number of ether oxygens (including phenoxy) is 1. The zero-order valence-corrected chi connectivity index (χ0v) is 13.3. The molecule has 0 saturated heterocycles. The highest BCUT2D eigenvalue weighted by molar-refractivity contribution is 5.43. The normalized spacial score (nSPS) is 10.9. The van der Waals surface area contributed by atoms with Crippen molar-refractivity contribution in [2.75, 3.05) is 0 Å². The van der Waals surface area contributed by atoms with Crippen LogP contribution in [0.3, 0.4) is 0 Å². The van der Waals surface area contributed by atoms with E-state index in [0.717, 1.165) is 18.0 Å². The summed E-state index contributed by atoms with van der Waals surface area (Å²) in [5, 5.41) is 3.44. The van der Waals surface area contributed by atoms with Crippen molar-refractivity contribution in [3.8, 4) is 5.75 Å². The zero-order valence-electron chi connectivity index (χ0n) is 13.3. The van der Waals surface area contributed by atoms with E-state index in [2.05, 4.69) is 50.1 Å². The summed E-state index contributed by atoms with van der Waals surface area (Å²) in [7, 11) is 0. The molecule has 1 aromatic heterocycles. The monoisotopic (exact) mass is 284 g/mol. The lowest BCUT2D eigenvalue weighted by Gasteiger charge is -2.15. The van der Waals surface area contributed by atoms with Crippen LogP contribution in [0.5, 0.6) is 5.75 Å². The van der Waals surface area contributed by atoms with Crippen LogP contribution in [0.4, 0.5) is 0 Å². The number of rotatable bonds is 6. The van der Waals surface area contributed by atoms with E-state index in [0.29, 0.717) is 12.6 Å². The minimum atomic E-state index is 0.491. The van der Waals surface area contributed by atoms with Crippen molar-refractivity contribution < 1.29 is 4.74 Å². The second kappa shape index (κ2) is 7.23. The lowest BCUT2D eigenvalue weighted by Crippen LogP contribution is -2.21. The Morgan fingerprint density at radius 1 is 1.14 bits per heavy atom. The molecule has 2 rings (SSSR count). The van der Waals surface area contributed by atoms with Gasteiger partial charge in [-0.05, 0) is 42.7 Å². The Bertz CT molecular complexity index is 556. The number of aryl methyl sites for hydroxylation is 2. The molecule has 0 aliphatic carbocycles. The number of pyridine rings is 1. The van der Waals surface area contributed by atoms with Gasteiger partial charge in [0.25, 0.3) is 0 Å². The number of hydrogen-bond acceptors (Lipinski definition) is 3. The molecule has 0 fully saturated rings. The largest absolute Gasteiger partial charge is 0.487 e. The maximum absolute atomic E-state index is 5.95. The van der Waals surface area contributed by atoms with Gasteiger partial charge in [0.1, 0.15) is 12.4 Å². The predicted octanol–water partition coefficient (Wildman–Crippen LogP) is 3.78. The maximum Gasteiger partial charge on any atom is 0.130 e. The summed E-state index contributed by atoms with van der Waals surface area (Å²) in [5.41, 5.74) is 4.59. The SMILES string of the molecule is Cc1cc(CNC(C)C)cc(C)c1OCc1ccccn1. The van der Waals surface area contributed by atoms with Gasteiger partial charge in [-0.3, -0.25) is 4.98 Å². The molecule has 2 aromatic rings. The number of nitrogens with zero attached hydrogens (tertiary/aromatic N) is 1. The lowest BCUT2D eigenvalue weighted by molar-refractivity contribution is 0.297. The van der Waals surface area contributed by atoms with Gasteiger partial charge >= 0.3 is 0 Å². The molecule has 0 spiro atoms. The molecular weight excluding hydrogens is 260 g/mol. The van der Waals surface area contributed by atoms with Crippen molar-refractivity contribution in [1.82, 2.24) is 10.3 Å². The number of aromatic nitrogens is 1. The molecule has 3 nitrogen and oxygen atoms in total. The van der Waals surface area contributed by atoms with Crippen molar-refractivity contribution >= 4 is 0 Å². The van der Waals surface area contributed by atoms with Crippen LogP contribution in [0.25, 0.3) is 0 Å². The standard InChI is InChI=1S/C18H24N2O/c1-13(2)20-11-16-9-14(3)18(15(4)10-16)21-12-17-7-5-6-8-19-17/h5-10,13,20H,11-12H2,1-4H3. The molecule has 112 valence electrons. The van der Waals surface area contributed by atoms with Crippen LogP contribution < -0.4 is 10.1 Å². The first kappa shape index (κ1) is 15.5. The quantitative estimate of drug-likeness (QED) is 0.876. The molecule has 1 aromatic carbocycles. The highest BCUT2D eigenvalue weighted by atomic mass is 16.5. The predicted molar refractivity (Wildman–Crippen MR) is 86.5 cm³/mol. The molecular formula is C18H24N2O. The van der Waals surface area contributed by atoms with Crippen molar-refractivity contribution in [1.29, 1.82) is 0 Å². The lowest BCUT2D eigenvalue weighted by atomic mass is 10.1. The molecule has 0 amide bonds. The third kappa shape index (κ3) is 4.57. The van der Waals surface area contributed by atoms with Crippen LogP contribution >= 0.6 is 0 Å². The Morgan fingerprint density at radius 2 is 1.86 bits per heavy atom. The Morgan fingerprint density at radius 3 is 2.43 bits per heavy atom. The third-order valence-electron chi connectivity index (χ3n) is 3.33. The van der Waals surface area contributed by atoms with Gasteiger partial charge in [-0.1, -0.05) is 32.0 Å². The fraction of sp³-hybridized carbons (Fsp3) is 0.389. The molecule has 0 aliphatic heterocycles. The molecule has 0 bridgehead atoms. The fourth-order valence-corrected chi connectivity index (χ4v) is 2.32. The van der Waals surface area contributed by atoms with Crippen LogP contribution in [-0.2, 0) is 13.2 Å². The molecule has 3 heteroatoms. The zero-order chi connectivity index (χ0) is 15.2. The van der Waals surface area contributed by atoms with Gasteiger partial charge < -0.3 is 10.1 Å². The number of nitrogens with one attached hydrogen (secondary N) is 1. The van der Waals surface area contributed by atoms with Gasteiger partial charge in [0.15, 0.2) is 0 Å². The first-order valence-corrected chi connectivity index (χ1v) is 7.42. The molecule has 1 N–H and O–H groups in total. The van der Waals surface area contributed by atoms with Crippen molar-refractivity contribution in [2.45, 2.75) is 46.9 Å². The molecule has 21 heavy (non-hydrogen) atoms. The molecule has 0 radical (unpaired) electrons. The average molecular weight is 284 g/mol. The maximum atomic E-state index is 5.95. The van der Waals surface area contributed by atoms with Crippen molar-refractivity contribution in [3.05, 3.63) is 58.9 Å². The Balaban J connectivity index is 2.06. The van der Waals surface area contributed by atoms with E-state index in [-0.39, 0.29) is 0 Å². The number of hydrogen-bond donors (Lipinski definition) is 1. The summed E-state index contributed by atoms with van der Waals surface area (Å²) in [6.45, 7) is 9.90. The minimum absolute atomic E-state index is 0.491. The van der Waals surface area contributed by atoms with Gasteiger partial charge in [0.2, 0.25) is 0 Å². The second-order valence-corrected chi connectivity index (χ2v) is 5.70. The van der Waals surface area contributed by atoms with E-state index in [4.69, 9.17) is 4.74 Å². The summed E-state index contributed by atoms with van der Waals surface area (Å²) in [6.07, 6.45) is 1.79.